The minimum atomic E-state index is 0.00472. The summed E-state index contributed by atoms with van der Waals surface area (Å²) in [5, 5.41) is 0. The van der Waals surface area contributed by atoms with E-state index in [4.69, 9.17) is 5.73 Å². The summed E-state index contributed by atoms with van der Waals surface area (Å²) in [6.07, 6.45) is 2.59. The van der Waals surface area contributed by atoms with Crippen molar-refractivity contribution < 1.29 is 0 Å². The van der Waals surface area contributed by atoms with Crippen LogP contribution in [0.3, 0.4) is 0 Å². The smallest absolute Gasteiger partial charge is 0.0966 e. The largest absolute Gasteiger partial charge is 0.351 e. The Balaban J connectivity index is 2.80. The molecular weight excluding hydrogens is 284 g/mol. The highest BCUT2D eigenvalue weighted by atomic mass is 79.9. The molecule has 1 atom stereocenters. The van der Waals surface area contributed by atoms with E-state index in [1.165, 1.54) is 0 Å². The fraction of sp³-hybridized carbons (Fsp3) is 0.250. The first-order chi connectivity index (χ1) is 5.65. The van der Waals surface area contributed by atoms with Crippen LogP contribution in [0.25, 0.3) is 0 Å². The van der Waals surface area contributed by atoms with Gasteiger partial charge in [0.05, 0.1) is 4.60 Å². The first-order valence-electron chi connectivity index (χ1n) is 3.55. The van der Waals surface area contributed by atoms with Gasteiger partial charge in [-0.15, -0.1) is 6.58 Å². The molecule has 0 aliphatic rings. The van der Waals surface area contributed by atoms with E-state index in [1.807, 2.05) is 12.1 Å². The molecule has 0 saturated carbocycles. The van der Waals surface area contributed by atoms with Gasteiger partial charge in [0.2, 0.25) is 0 Å². The van der Waals surface area contributed by atoms with Crippen LogP contribution in [0.1, 0.15) is 18.2 Å². The third-order valence-corrected chi connectivity index (χ3v) is 3.35. The zero-order valence-electron chi connectivity index (χ0n) is 6.48. The number of nitrogens with two attached hydrogens (primary N) is 1. The highest BCUT2D eigenvalue weighted by molar-refractivity contribution is 9.13. The Labute approximate surface area is 88.5 Å². The van der Waals surface area contributed by atoms with E-state index in [1.54, 1.807) is 0 Å². The average Bonchev–Trinajstić information content (AvgIpc) is 2.33. The molecule has 0 amide bonds. The second kappa shape index (κ2) is 4.25. The highest BCUT2D eigenvalue weighted by Gasteiger charge is 2.08. The zero-order valence-corrected chi connectivity index (χ0v) is 9.65. The van der Waals surface area contributed by atoms with Crippen LogP contribution >= 0.6 is 31.9 Å². The number of hydrogen-bond donors (Lipinski definition) is 2. The Morgan fingerprint density at radius 2 is 2.33 bits per heavy atom. The Bertz CT molecular complexity index is 261. The molecule has 3 N–H and O–H groups in total. The van der Waals surface area contributed by atoms with Gasteiger partial charge in [0.1, 0.15) is 0 Å². The number of aromatic amines is 1. The molecule has 0 saturated heterocycles. The van der Waals surface area contributed by atoms with Crippen molar-refractivity contribution in [2.75, 3.05) is 0 Å². The van der Waals surface area contributed by atoms with E-state index < -0.39 is 0 Å². The molecule has 0 bridgehead atoms. The summed E-state index contributed by atoms with van der Waals surface area (Å²) in [4.78, 5) is 3.13. The summed E-state index contributed by atoms with van der Waals surface area (Å²) in [5.74, 6) is 0. The van der Waals surface area contributed by atoms with Crippen molar-refractivity contribution >= 4 is 31.9 Å². The van der Waals surface area contributed by atoms with Crippen molar-refractivity contribution in [3.63, 3.8) is 0 Å². The van der Waals surface area contributed by atoms with Gasteiger partial charge in [-0.05, 0) is 44.3 Å². The molecule has 0 aromatic carbocycles. The van der Waals surface area contributed by atoms with Gasteiger partial charge in [0.15, 0.2) is 0 Å². The van der Waals surface area contributed by atoms with Crippen LogP contribution in [0.2, 0.25) is 0 Å². The van der Waals surface area contributed by atoms with E-state index in [2.05, 4.69) is 43.4 Å². The lowest BCUT2D eigenvalue weighted by Gasteiger charge is -2.04. The summed E-state index contributed by atoms with van der Waals surface area (Å²) in [6.45, 7) is 3.64. The number of aromatic nitrogens is 1. The maximum absolute atomic E-state index is 5.84. The van der Waals surface area contributed by atoms with Crippen molar-refractivity contribution in [2.24, 2.45) is 5.73 Å². The molecule has 12 heavy (non-hydrogen) atoms. The van der Waals surface area contributed by atoms with Crippen LogP contribution in [-0.2, 0) is 0 Å². The van der Waals surface area contributed by atoms with E-state index >= 15 is 0 Å². The monoisotopic (exact) mass is 292 g/mol. The molecule has 1 rings (SSSR count). The fourth-order valence-corrected chi connectivity index (χ4v) is 1.62. The van der Waals surface area contributed by atoms with E-state index in [0.29, 0.717) is 0 Å². The second-order valence-electron chi connectivity index (χ2n) is 2.52. The molecule has 1 heterocycles. The predicted octanol–water partition coefficient (Wildman–Crippen LogP) is 3.12. The summed E-state index contributed by atoms with van der Waals surface area (Å²) in [5.41, 5.74) is 6.85. The third-order valence-electron chi connectivity index (χ3n) is 1.57. The lowest BCUT2D eigenvalue weighted by atomic mass is 10.1. The maximum Gasteiger partial charge on any atom is 0.0966 e. The standard InChI is InChI=1S/C8H10Br2N2/c1-2-3-6(11)7-4-5(9)8(10)12-7/h2,4,6,12H,1,3,11H2. The Hall–Kier alpha value is -0.0600. The van der Waals surface area contributed by atoms with Gasteiger partial charge in [-0.1, -0.05) is 6.08 Å². The third kappa shape index (κ3) is 2.21. The van der Waals surface area contributed by atoms with Gasteiger partial charge in [-0.3, -0.25) is 0 Å². The quantitative estimate of drug-likeness (QED) is 0.826. The zero-order chi connectivity index (χ0) is 9.14. The number of nitrogens with one attached hydrogen (secondary N) is 1. The Morgan fingerprint density at radius 3 is 2.75 bits per heavy atom. The molecule has 0 aliphatic heterocycles. The lowest BCUT2D eigenvalue weighted by molar-refractivity contribution is 0.718. The first kappa shape index (κ1) is 10.0. The number of halogens is 2. The molecule has 66 valence electrons. The van der Waals surface area contributed by atoms with Gasteiger partial charge in [0, 0.05) is 16.2 Å². The van der Waals surface area contributed by atoms with Gasteiger partial charge >= 0.3 is 0 Å². The van der Waals surface area contributed by atoms with E-state index in [9.17, 15) is 0 Å². The predicted molar refractivity (Wildman–Crippen MR) is 57.9 cm³/mol. The van der Waals surface area contributed by atoms with Crippen LogP contribution in [-0.4, -0.2) is 4.98 Å². The first-order valence-corrected chi connectivity index (χ1v) is 5.14. The molecule has 4 heteroatoms. The van der Waals surface area contributed by atoms with Gasteiger partial charge < -0.3 is 10.7 Å². The van der Waals surface area contributed by atoms with Crippen LogP contribution in [0.5, 0.6) is 0 Å². The van der Waals surface area contributed by atoms with Crippen LogP contribution < -0.4 is 5.73 Å². The van der Waals surface area contributed by atoms with Crippen molar-refractivity contribution in [1.82, 2.24) is 4.98 Å². The molecule has 0 radical (unpaired) electrons. The number of rotatable bonds is 3. The molecule has 1 aromatic rings. The van der Waals surface area contributed by atoms with Crippen molar-refractivity contribution in [2.45, 2.75) is 12.5 Å². The molecule has 0 aliphatic carbocycles. The Morgan fingerprint density at radius 1 is 1.67 bits per heavy atom. The minimum absolute atomic E-state index is 0.00472. The average molecular weight is 294 g/mol. The topological polar surface area (TPSA) is 41.8 Å². The van der Waals surface area contributed by atoms with Crippen molar-refractivity contribution in [3.8, 4) is 0 Å². The van der Waals surface area contributed by atoms with Gasteiger partial charge in [-0.25, -0.2) is 0 Å². The normalized spacial score (nSPS) is 12.9. The number of hydrogen-bond acceptors (Lipinski definition) is 1. The van der Waals surface area contributed by atoms with Crippen LogP contribution in [0, 0.1) is 0 Å². The summed E-state index contributed by atoms with van der Waals surface area (Å²) in [7, 11) is 0. The van der Waals surface area contributed by atoms with Crippen molar-refractivity contribution in [1.29, 1.82) is 0 Å². The number of H-pyrrole nitrogens is 1. The van der Waals surface area contributed by atoms with Gasteiger partial charge in [-0.2, -0.15) is 0 Å². The highest BCUT2D eigenvalue weighted by Crippen LogP contribution is 2.26. The molecule has 1 unspecified atom stereocenters. The fourth-order valence-electron chi connectivity index (χ4n) is 0.929. The van der Waals surface area contributed by atoms with Gasteiger partial charge in [0.25, 0.3) is 0 Å². The molecular formula is C8H10Br2N2. The second-order valence-corrected chi connectivity index (χ2v) is 4.16. The Kier molecular flexibility index (Phi) is 3.55. The SMILES string of the molecule is C=CCC(N)c1cc(Br)c(Br)[nH]1. The van der Waals surface area contributed by atoms with E-state index in [0.717, 1.165) is 21.2 Å². The lowest BCUT2D eigenvalue weighted by Crippen LogP contribution is -2.08. The molecule has 0 spiro atoms. The van der Waals surface area contributed by atoms with Crippen LogP contribution in [0.4, 0.5) is 0 Å². The maximum atomic E-state index is 5.84. The van der Waals surface area contributed by atoms with Crippen molar-refractivity contribution in [3.05, 3.63) is 33.5 Å². The summed E-state index contributed by atoms with van der Waals surface area (Å²) >= 11 is 6.73. The summed E-state index contributed by atoms with van der Waals surface area (Å²) < 4.78 is 1.93. The van der Waals surface area contributed by atoms with E-state index in [-0.39, 0.29) is 6.04 Å². The molecule has 2 nitrogen and oxygen atoms in total. The minimum Gasteiger partial charge on any atom is -0.351 e. The summed E-state index contributed by atoms with van der Waals surface area (Å²) in [6, 6.07) is 1.98. The van der Waals surface area contributed by atoms with Crippen LogP contribution in [0.15, 0.2) is 27.8 Å². The molecule has 0 fully saturated rings. The molecule has 1 aromatic heterocycles.